The molecule has 0 spiro atoms. The standard InChI is InChI=1S/C20H16ClFN4O3/c21-14-6-7-15(22)16(9-14)26-11-13(8-18(26)27)19-24-17(29-25-19)10-23-20(28)12-4-2-1-3-5-12/h1-7,9,13H,8,10-11H2,(H,23,28). The molecule has 0 radical (unpaired) electrons. The number of rotatable bonds is 5. The Labute approximate surface area is 170 Å². The van der Waals surface area contributed by atoms with E-state index >= 15 is 0 Å². The molecule has 1 atom stereocenters. The summed E-state index contributed by atoms with van der Waals surface area (Å²) in [6.45, 7) is 0.277. The molecular weight excluding hydrogens is 399 g/mol. The maximum absolute atomic E-state index is 14.1. The van der Waals surface area contributed by atoms with Crippen molar-refractivity contribution in [2.24, 2.45) is 0 Å². The molecule has 29 heavy (non-hydrogen) atoms. The minimum absolute atomic E-state index is 0.0635. The lowest BCUT2D eigenvalue weighted by Gasteiger charge is -2.17. The van der Waals surface area contributed by atoms with Gasteiger partial charge in [-0.1, -0.05) is 35.0 Å². The second-order valence-electron chi connectivity index (χ2n) is 6.60. The molecule has 0 saturated carbocycles. The molecule has 2 aromatic carbocycles. The fourth-order valence-electron chi connectivity index (χ4n) is 3.16. The summed E-state index contributed by atoms with van der Waals surface area (Å²) in [4.78, 5) is 30.1. The Kier molecular flexibility index (Phi) is 5.26. The number of anilines is 1. The van der Waals surface area contributed by atoms with Gasteiger partial charge in [-0.05, 0) is 30.3 Å². The van der Waals surface area contributed by atoms with E-state index in [9.17, 15) is 14.0 Å². The summed E-state index contributed by atoms with van der Waals surface area (Å²) in [5.74, 6) is -0.815. The average Bonchev–Trinajstić information content (AvgIpc) is 3.35. The number of halogens is 2. The Balaban J connectivity index is 1.41. The highest BCUT2D eigenvalue weighted by atomic mass is 35.5. The van der Waals surface area contributed by atoms with Crippen molar-refractivity contribution in [3.63, 3.8) is 0 Å². The van der Waals surface area contributed by atoms with E-state index in [2.05, 4.69) is 15.5 Å². The van der Waals surface area contributed by atoms with Gasteiger partial charge in [0.1, 0.15) is 5.82 Å². The summed E-state index contributed by atoms with van der Waals surface area (Å²) < 4.78 is 19.3. The highest BCUT2D eigenvalue weighted by molar-refractivity contribution is 6.31. The van der Waals surface area contributed by atoms with Gasteiger partial charge in [0.15, 0.2) is 5.82 Å². The second kappa shape index (κ2) is 8.00. The van der Waals surface area contributed by atoms with E-state index < -0.39 is 5.82 Å². The molecule has 148 valence electrons. The molecule has 1 aliphatic heterocycles. The fourth-order valence-corrected chi connectivity index (χ4v) is 3.33. The maximum Gasteiger partial charge on any atom is 0.251 e. The Hall–Kier alpha value is -3.26. The van der Waals surface area contributed by atoms with Crippen LogP contribution in [0.15, 0.2) is 53.1 Å². The van der Waals surface area contributed by atoms with Gasteiger partial charge >= 0.3 is 0 Å². The molecule has 4 rings (SSSR count). The van der Waals surface area contributed by atoms with Crippen molar-refractivity contribution in [2.45, 2.75) is 18.9 Å². The number of aromatic nitrogens is 2. The fraction of sp³-hybridized carbons (Fsp3) is 0.200. The van der Waals surface area contributed by atoms with Gasteiger partial charge in [-0.25, -0.2) is 4.39 Å². The van der Waals surface area contributed by atoms with E-state index in [0.717, 1.165) is 0 Å². The molecule has 1 N–H and O–H groups in total. The van der Waals surface area contributed by atoms with Gasteiger partial charge < -0.3 is 14.7 Å². The van der Waals surface area contributed by atoms with Crippen LogP contribution in [0.4, 0.5) is 10.1 Å². The third kappa shape index (κ3) is 4.12. The topological polar surface area (TPSA) is 88.3 Å². The highest BCUT2D eigenvalue weighted by Gasteiger charge is 2.35. The summed E-state index contributed by atoms with van der Waals surface area (Å²) in [6.07, 6.45) is 0.126. The number of hydrogen-bond donors (Lipinski definition) is 1. The van der Waals surface area contributed by atoms with Crippen LogP contribution in [0.5, 0.6) is 0 Å². The number of hydrogen-bond acceptors (Lipinski definition) is 5. The first-order valence-electron chi connectivity index (χ1n) is 8.92. The molecule has 1 saturated heterocycles. The van der Waals surface area contributed by atoms with Gasteiger partial charge in [0.05, 0.1) is 12.2 Å². The van der Waals surface area contributed by atoms with Gasteiger partial charge in [-0.15, -0.1) is 0 Å². The predicted octanol–water partition coefficient (Wildman–Crippen LogP) is 3.31. The van der Waals surface area contributed by atoms with Crippen LogP contribution in [0.25, 0.3) is 0 Å². The van der Waals surface area contributed by atoms with Crippen molar-refractivity contribution in [1.29, 1.82) is 0 Å². The smallest absolute Gasteiger partial charge is 0.251 e. The van der Waals surface area contributed by atoms with Crippen LogP contribution < -0.4 is 10.2 Å². The lowest BCUT2D eigenvalue weighted by atomic mass is 10.1. The predicted molar refractivity (Wildman–Crippen MR) is 103 cm³/mol. The monoisotopic (exact) mass is 414 g/mol. The van der Waals surface area contributed by atoms with Crippen molar-refractivity contribution in [3.05, 3.63) is 76.6 Å². The first-order valence-corrected chi connectivity index (χ1v) is 9.30. The maximum atomic E-state index is 14.1. The van der Waals surface area contributed by atoms with E-state index in [1.54, 1.807) is 24.3 Å². The quantitative estimate of drug-likeness (QED) is 0.692. The Morgan fingerprint density at radius 3 is 2.86 bits per heavy atom. The average molecular weight is 415 g/mol. The van der Waals surface area contributed by atoms with Crippen LogP contribution in [0.2, 0.25) is 5.02 Å². The van der Waals surface area contributed by atoms with Crippen LogP contribution >= 0.6 is 11.6 Å². The molecule has 0 bridgehead atoms. The van der Waals surface area contributed by atoms with Gasteiger partial charge in [0.25, 0.3) is 5.91 Å². The Morgan fingerprint density at radius 1 is 1.28 bits per heavy atom. The molecule has 7 nitrogen and oxygen atoms in total. The minimum Gasteiger partial charge on any atom is -0.343 e. The molecule has 2 heterocycles. The van der Waals surface area contributed by atoms with Gasteiger partial charge in [0, 0.05) is 29.5 Å². The largest absolute Gasteiger partial charge is 0.343 e. The highest BCUT2D eigenvalue weighted by Crippen LogP contribution is 2.33. The van der Waals surface area contributed by atoms with Crippen molar-refractivity contribution in [3.8, 4) is 0 Å². The summed E-state index contributed by atoms with van der Waals surface area (Å²) in [6, 6.07) is 12.8. The van der Waals surface area contributed by atoms with E-state index in [4.69, 9.17) is 16.1 Å². The van der Waals surface area contributed by atoms with Gasteiger partial charge in [-0.2, -0.15) is 4.98 Å². The summed E-state index contributed by atoms with van der Waals surface area (Å²) in [5, 5.41) is 6.96. The first kappa shape index (κ1) is 19.1. The number of amides is 2. The molecule has 3 aromatic rings. The Bertz CT molecular complexity index is 1060. The van der Waals surface area contributed by atoms with Crippen LogP contribution in [0.1, 0.15) is 34.4 Å². The summed E-state index contributed by atoms with van der Waals surface area (Å²) in [5.41, 5.74) is 0.650. The van der Waals surface area contributed by atoms with Gasteiger partial charge in [-0.3, -0.25) is 9.59 Å². The van der Waals surface area contributed by atoms with E-state index in [0.29, 0.717) is 16.4 Å². The molecule has 2 amide bonds. The van der Waals surface area contributed by atoms with Gasteiger partial charge in [0.2, 0.25) is 11.8 Å². The lowest BCUT2D eigenvalue weighted by Crippen LogP contribution is -2.25. The number of benzene rings is 2. The molecule has 9 heteroatoms. The summed E-state index contributed by atoms with van der Waals surface area (Å²) in [7, 11) is 0. The number of nitrogens with zero attached hydrogens (tertiary/aromatic N) is 3. The lowest BCUT2D eigenvalue weighted by molar-refractivity contribution is -0.117. The van der Waals surface area contributed by atoms with E-state index in [-0.39, 0.29) is 48.8 Å². The zero-order valence-electron chi connectivity index (χ0n) is 15.1. The summed E-state index contributed by atoms with van der Waals surface area (Å²) >= 11 is 5.93. The normalized spacial score (nSPS) is 16.3. The number of carbonyl (C=O) groups excluding carboxylic acids is 2. The molecule has 1 aliphatic rings. The molecule has 0 aliphatic carbocycles. The molecule has 1 fully saturated rings. The van der Waals surface area contributed by atoms with Crippen LogP contribution in [-0.4, -0.2) is 28.5 Å². The first-order chi connectivity index (χ1) is 14.0. The van der Waals surface area contributed by atoms with Crippen molar-refractivity contribution in [2.75, 3.05) is 11.4 Å². The third-order valence-corrected chi connectivity index (χ3v) is 4.84. The molecule has 1 aromatic heterocycles. The van der Waals surface area contributed by atoms with E-state index in [1.807, 2.05) is 6.07 Å². The van der Waals surface area contributed by atoms with E-state index in [1.165, 1.54) is 23.1 Å². The van der Waals surface area contributed by atoms with Crippen LogP contribution in [0, 0.1) is 5.82 Å². The molecule has 1 unspecified atom stereocenters. The Morgan fingerprint density at radius 2 is 2.07 bits per heavy atom. The number of carbonyl (C=O) groups is 2. The van der Waals surface area contributed by atoms with Crippen molar-refractivity contribution < 1.29 is 18.5 Å². The third-order valence-electron chi connectivity index (χ3n) is 4.61. The molecular formula is C20H16ClFN4O3. The number of nitrogens with one attached hydrogen (secondary N) is 1. The van der Waals surface area contributed by atoms with Crippen molar-refractivity contribution in [1.82, 2.24) is 15.5 Å². The zero-order chi connectivity index (χ0) is 20.4. The van der Waals surface area contributed by atoms with Crippen LogP contribution in [0.3, 0.4) is 0 Å². The second-order valence-corrected chi connectivity index (χ2v) is 7.03. The van der Waals surface area contributed by atoms with Crippen molar-refractivity contribution >= 4 is 29.1 Å². The van der Waals surface area contributed by atoms with Crippen LogP contribution in [-0.2, 0) is 11.3 Å². The SMILES string of the molecule is O=C(NCc1nc(C2CC(=O)N(c3cc(Cl)ccc3F)C2)no1)c1ccccc1. The zero-order valence-corrected chi connectivity index (χ0v) is 15.9. The minimum atomic E-state index is -0.527.